The Morgan fingerprint density at radius 1 is 0.962 bits per heavy atom. The van der Waals surface area contributed by atoms with Crippen LogP contribution in [0.15, 0.2) is 30.6 Å². The summed E-state index contributed by atoms with van der Waals surface area (Å²) in [5.74, 6) is 3.41. The van der Waals surface area contributed by atoms with Crippen LogP contribution in [0.4, 0.5) is 11.6 Å². The fourth-order valence-corrected chi connectivity index (χ4v) is 3.29. The second kappa shape index (κ2) is 9.27. The Morgan fingerprint density at radius 2 is 1.73 bits per heavy atom. The van der Waals surface area contributed by atoms with Gasteiger partial charge in [0.15, 0.2) is 11.5 Å². The quantitative estimate of drug-likeness (QED) is 0.819. The van der Waals surface area contributed by atoms with Crippen LogP contribution in [0.3, 0.4) is 0 Å². The molecule has 3 rings (SSSR count). The van der Waals surface area contributed by atoms with E-state index in [2.05, 4.69) is 32.3 Å². The SMILES string of the molecule is COc1ccc(CCNc2cc(N3CCCCCC3)ncn2)cc1OC. The molecule has 6 nitrogen and oxygen atoms in total. The molecule has 1 N–H and O–H groups in total. The third-order valence-electron chi connectivity index (χ3n) is 4.75. The fraction of sp³-hybridized carbons (Fsp3) is 0.500. The molecule has 0 amide bonds. The Kier molecular flexibility index (Phi) is 6.52. The lowest BCUT2D eigenvalue weighted by molar-refractivity contribution is 0.354. The number of aromatic nitrogens is 2. The van der Waals surface area contributed by atoms with Gasteiger partial charge in [0.25, 0.3) is 0 Å². The average molecular weight is 356 g/mol. The van der Waals surface area contributed by atoms with Gasteiger partial charge in [0.05, 0.1) is 14.2 Å². The van der Waals surface area contributed by atoms with Crippen LogP contribution < -0.4 is 19.7 Å². The van der Waals surface area contributed by atoms with Crippen LogP contribution in [0.2, 0.25) is 0 Å². The second-order valence-electron chi connectivity index (χ2n) is 6.53. The minimum Gasteiger partial charge on any atom is -0.493 e. The van der Waals surface area contributed by atoms with Gasteiger partial charge in [-0.15, -0.1) is 0 Å². The largest absolute Gasteiger partial charge is 0.493 e. The van der Waals surface area contributed by atoms with E-state index in [1.165, 1.54) is 31.2 Å². The predicted octanol–water partition coefficient (Wildman–Crippen LogP) is 3.53. The van der Waals surface area contributed by atoms with Gasteiger partial charge in [-0.3, -0.25) is 0 Å². The van der Waals surface area contributed by atoms with Gasteiger partial charge in [0, 0.05) is 25.7 Å². The summed E-state index contributed by atoms with van der Waals surface area (Å²) >= 11 is 0. The fourth-order valence-electron chi connectivity index (χ4n) is 3.29. The Morgan fingerprint density at radius 3 is 2.46 bits per heavy atom. The van der Waals surface area contributed by atoms with Crippen molar-refractivity contribution in [1.82, 2.24) is 9.97 Å². The van der Waals surface area contributed by atoms with E-state index in [1.54, 1.807) is 20.5 Å². The highest BCUT2D eigenvalue weighted by Gasteiger charge is 2.12. The lowest BCUT2D eigenvalue weighted by atomic mass is 10.1. The summed E-state index contributed by atoms with van der Waals surface area (Å²) in [6.07, 6.45) is 7.65. The molecule has 2 heterocycles. The maximum absolute atomic E-state index is 5.36. The summed E-state index contributed by atoms with van der Waals surface area (Å²) in [6, 6.07) is 8.07. The first-order chi connectivity index (χ1) is 12.8. The monoisotopic (exact) mass is 356 g/mol. The maximum Gasteiger partial charge on any atom is 0.160 e. The van der Waals surface area contributed by atoms with Crippen molar-refractivity contribution in [2.45, 2.75) is 32.1 Å². The molecule has 0 aliphatic carbocycles. The molecule has 140 valence electrons. The van der Waals surface area contributed by atoms with Gasteiger partial charge in [0.1, 0.15) is 18.0 Å². The Labute approximate surface area is 155 Å². The Balaban J connectivity index is 1.57. The van der Waals surface area contributed by atoms with Crippen LogP contribution in [0, 0.1) is 0 Å². The predicted molar refractivity (Wildman–Crippen MR) is 104 cm³/mol. The summed E-state index contributed by atoms with van der Waals surface area (Å²) in [6.45, 7) is 2.97. The number of hydrogen-bond donors (Lipinski definition) is 1. The number of benzene rings is 1. The molecule has 1 saturated heterocycles. The van der Waals surface area contributed by atoms with E-state index in [0.717, 1.165) is 49.2 Å². The average Bonchev–Trinajstić information content (AvgIpc) is 2.97. The first kappa shape index (κ1) is 18.3. The summed E-state index contributed by atoms with van der Waals surface area (Å²) in [7, 11) is 3.31. The number of anilines is 2. The zero-order valence-corrected chi connectivity index (χ0v) is 15.7. The lowest BCUT2D eigenvalue weighted by Crippen LogP contribution is -2.25. The number of nitrogens with zero attached hydrogens (tertiary/aromatic N) is 3. The molecule has 0 saturated carbocycles. The third-order valence-corrected chi connectivity index (χ3v) is 4.75. The Hall–Kier alpha value is -2.50. The molecule has 0 atom stereocenters. The minimum absolute atomic E-state index is 0.752. The van der Waals surface area contributed by atoms with E-state index in [4.69, 9.17) is 9.47 Å². The first-order valence-corrected chi connectivity index (χ1v) is 9.32. The maximum atomic E-state index is 5.36. The lowest BCUT2D eigenvalue weighted by Gasteiger charge is -2.21. The summed E-state index contributed by atoms with van der Waals surface area (Å²) in [4.78, 5) is 11.2. The summed E-state index contributed by atoms with van der Waals surface area (Å²) < 4.78 is 10.6. The van der Waals surface area contributed by atoms with E-state index in [-0.39, 0.29) is 0 Å². The topological polar surface area (TPSA) is 59.5 Å². The van der Waals surface area contributed by atoms with Gasteiger partial charge in [-0.05, 0) is 37.0 Å². The van der Waals surface area contributed by atoms with Crippen molar-refractivity contribution >= 4 is 11.6 Å². The van der Waals surface area contributed by atoms with Crippen molar-refractivity contribution in [2.24, 2.45) is 0 Å². The van der Waals surface area contributed by atoms with Crippen LogP contribution in [0.1, 0.15) is 31.2 Å². The zero-order valence-electron chi connectivity index (χ0n) is 15.7. The number of ether oxygens (including phenoxy) is 2. The van der Waals surface area contributed by atoms with Crippen LogP contribution in [-0.2, 0) is 6.42 Å². The Bertz CT molecular complexity index is 700. The molecular formula is C20H28N4O2. The third kappa shape index (κ3) is 4.77. The molecule has 26 heavy (non-hydrogen) atoms. The van der Waals surface area contributed by atoms with E-state index in [1.807, 2.05) is 12.1 Å². The van der Waals surface area contributed by atoms with Gasteiger partial charge in [-0.2, -0.15) is 0 Å². The molecule has 0 unspecified atom stereocenters. The van der Waals surface area contributed by atoms with Crippen molar-refractivity contribution < 1.29 is 9.47 Å². The van der Waals surface area contributed by atoms with E-state index >= 15 is 0 Å². The number of nitrogens with one attached hydrogen (secondary N) is 1. The van der Waals surface area contributed by atoms with E-state index < -0.39 is 0 Å². The highest BCUT2D eigenvalue weighted by Crippen LogP contribution is 2.27. The number of hydrogen-bond acceptors (Lipinski definition) is 6. The van der Waals surface area contributed by atoms with Crippen LogP contribution >= 0.6 is 0 Å². The van der Waals surface area contributed by atoms with Crippen molar-refractivity contribution in [1.29, 1.82) is 0 Å². The van der Waals surface area contributed by atoms with Crippen molar-refractivity contribution in [3.05, 3.63) is 36.2 Å². The number of methoxy groups -OCH3 is 2. The molecule has 1 fully saturated rings. The smallest absolute Gasteiger partial charge is 0.160 e. The van der Waals surface area contributed by atoms with Crippen LogP contribution in [-0.4, -0.2) is 43.8 Å². The molecule has 1 aliphatic rings. The van der Waals surface area contributed by atoms with Crippen molar-refractivity contribution in [3.8, 4) is 11.5 Å². The van der Waals surface area contributed by atoms with Crippen LogP contribution in [0.25, 0.3) is 0 Å². The van der Waals surface area contributed by atoms with E-state index in [9.17, 15) is 0 Å². The highest BCUT2D eigenvalue weighted by molar-refractivity contribution is 5.49. The molecule has 0 radical (unpaired) electrons. The molecule has 1 aromatic carbocycles. The van der Waals surface area contributed by atoms with Gasteiger partial charge < -0.3 is 19.7 Å². The molecule has 6 heteroatoms. The second-order valence-corrected chi connectivity index (χ2v) is 6.53. The molecule has 1 aromatic heterocycles. The standard InChI is InChI=1S/C20H28N4O2/c1-25-17-8-7-16(13-18(17)26-2)9-10-21-19-14-20(23-15-22-19)24-11-5-3-4-6-12-24/h7-8,13-15H,3-6,9-12H2,1-2H3,(H,21,22,23). The zero-order chi connectivity index (χ0) is 18.2. The van der Waals surface area contributed by atoms with Gasteiger partial charge in [-0.1, -0.05) is 18.9 Å². The molecule has 2 aromatic rings. The first-order valence-electron chi connectivity index (χ1n) is 9.32. The number of rotatable bonds is 7. The van der Waals surface area contributed by atoms with Gasteiger partial charge >= 0.3 is 0 Å². The normalized spacial score (nSPS) is 14.6. The van der Waals surface area contributed by atoms with Gasteiger partial charge in [0.2, 0.25) is 0 Å². The van der Waals surface area contributed by atoms with Crippen molar-refractivity contribution in [2.75, 3.05) is 44.1 Å². The van der Waals surface area contributed by atoms with Gasteiger partial charge in [-0.25, -0.2) is 9.97 Å². The molecule has 0 bridgehead atoms. The summed E-state index contributed by atoms with van der Waals surface area (Å²) in [5, 5.41) is 3.40. The van der Waals surface area contributed by atoms with Crippen LogP contribution in [0.5, 0.6) is 11.5 Å². The van der Waals surface area contributed by atoms with E-state index in [0.29, 0.717) is 0 Å². The summed E-state index contributed by atoms with van der Waals surface area (Å²) in [5.41, 5.74) is 1.19. The van der Waals surface area contributed by atoms with Crippen molar-refractivity contribution in [3.63, 3.8) is 0 Å². The highest BCUT2D eigenvalue weighted by atomic mass is 16.5. The molecule has 0 spiro atoms. The minimum atomic E-state index is 0.752. The molecule has 1 aliphatic heterocycles. The molecular weight excluding hydrogens is 328 g/mol.